The van der Waals surface area contributed by atoms with Crippen LogP contribution in [0.3, 0.4) is 0 Å². The highest BCUT2D eigenvalue weighted by Gasteiger charge is 2.35. The van der Waals surface area contributed by atoms with Gasteiger partial charge in [-0.1, -0.05) is 19.9 Å². The number of pyridine rings is 1. The third-order valence-corrected chi connectivity index (χ3v) is 4.86. The van der Waals surface area contributed by atoms with Crippen LogP contribution in [0.2, 0.25) is 0 Å². The van der Waals surface area contributed by atoms with Gasteiger partial charge >= 0.3 is 0 Å². The Bertz CT molecular complexity index is 498. The van der Waals surface area contributed by atoms with Crippen LogP contribution in [0.25, 0.3) is 0 Å². The maximum absolute atomic E-state index is 12.6. The molecule has 22 heavy (non-hydrogen) atoms. The van der Waals surface area contributed by atoms with Gasteiger partial charge in [-0.15, -0.1) is 0 Å². The van der Waals surface area contributed by atoms with Crippen molar-refractivity contribution in [1.29, 1.82) is 0 Å². The summed E-state index contributed by atoms with van der Waals surface area (Å²) in [6.07, 6.45) is 6.99. The van der Waals surface area contributed by atoms with Crippen molar-refractivity contribution in [3.05, 3.63) is 30.1 Å². The fourth-order valence-electron chi connectivity index (χ4n) is 3.32. The van der Waals surface area contributed by atoms with Gasteiger partial charge in [0.05, 0.1) is 0 Å². The van der Waals surface area contributed by atoms with E-state index in [4.69, 9.17) is 0 Å². The highest BCUT2D eigenvalue weighted by molar-refractivity contribution is 5.77. The summed E-state index contributed by atoms with van der Waals surface area (Å²) in [7, 11) is 0. The van der Waals surface area contributed by atoms with E-state index in [1.807, 2.05) is 18.5 Å². The van der Waals surface area contributed by atoms with Crippen molar-refractivity contribution in [2.45, 2.75) is 45.7 Å². The summed E-state index contributed by atoms with van der Waals surface area (Å²) in [6.45, 7) is 8.18. The summed E-state index contributed by atoms with van der Waals surface area (Å²) < 4.78 is 0. The van der Waals surface area contributed by atoms with Crippen LogP contribution < -0.4 is 0 Å². The van der Waals surface area contributed by atoms with E-state index in [2.05, 4.69) is 34.7 Å². The standard InChI is InChI=1S/C18H27N3O/c1-14(2)17-13-20(11-16-4-3-8-19-10-16)9-7-18(22)21(17)12-15-5-6-15/h3-4,8,10,14-15,17H,5-7,9,11-13H2,1-2H3. The van der Waals surface area contributed by atoms with Crippen LogP contribution in [0, 0.1) is 11.8 Å². The Morgan fingerprint density at radius 2 is 2.18 bits per heavy atom. The van der Waals surface area contributed by atoms with Crippen LogP contribution in [-0.2, 0) is 11.3 Å². The molecule has 0 N–H and O–H groups in total. The quantitative estimate of drug-likeness (QED) is 0.838. The first-order valence-corrected chi connectivity index (χ1v) is 8.54. The lowest BCUT2D eigenvalue weighted by molar-refractivity contribution is -0.133. The number of carbonyl (C=O) groups is 1. The van der Waals surface area contributed by atoms with Gasteiger partial charge in [-0.3, -0.25) is 14.7 Å². The Hall–Kier alpha value is -1.42. The zero-order chi connectivity index (χ0) is 15.5. The van der Waals surface area contributed by atoms with E-state index >= 15 is 0 Å². The molecule has 1 atom stereocenters. The van der Waals surface area contributed by atoms with Crippen LogP contribution in [0.4, 0.5) is 0 Å². The number of aromatic nitrogens is 1. The molecular weight excluding hydrogens is 274 g/mol. The lowest BCUT2D eigenvalue weighted by Crippen LogP contribution is -2.47. The highest BCUT2D eigenvalue weighted by Crippen LogP contribution is 2.32. The van der Waals surface area contributed by atoms with Crippen molar-refractivity contribution in [1.82, 2.24) is 14.8 Å². The van der Waals surface area contributed by atoms with Crippen molar-refractivity contribution < 1.29 is 4.79 Å². The molecule has 0 spiro atoms. The number of amides is 1. The SMILES string of the molecule is CC(C)C1CN(Cc2cccnc2)CCC(=O)N1CC1CC1. The van der Waals surface area contributed by atoms with Gasteiger partial charge in [-0.2, -0.15) is 0 Å². The monoisotopic (exact) mass is 301 g/mol. The second-order valence-electron chi connectivity index (χ2n) is 7.15. The van der Waals surface area contributed by atoms with Gasteiger partial charge in [0, 0.05) is 51.0 Å². The number of rotatable bonds is 5. The van der Waals surface area contributed by atoms with Gasteiger partial charge in [0.1, 0.15) is 0 Å². The molecule has 3 rings (SSSR count). The first kappa shape index (κ1) is 15.5. The van der Waals surface area contributed by atoms with Gasteiger partial charge in [-0.05, 0) is 36.3 Å². The molecule has 1 aliphatic heterocycles. The Morgan fingerprint density at radius 1 is 1.36 bits per heavy atom. The van der Waals surface area contributed by atoms with Gasteiger partial charge in [0.2, 0.25) is 5.91 Å². The summed E-state index contributed by atoms with van der Waals surface area (Å²) in [5.41, 5.74) is 1.23. The molecule has 1 aromatic rings. The fourth-order valence-corrected chi connectivity index (χ4v) is 3.32. The van der Waals surface area contributed by atoms with Crippen LogP contribution in [0.15, 0.2) is 24.5 Å². The predicted octanol–water partition coefficient (Wildman–Crippen LogP) is 2.55. The number of hydrogen-bond acceptors (Lipinski definition) is 3. The molecule has 1 aromatic heterocycles. The predicted molar refractivity (Wildman–Crippen MR) is 87.2 cm³/mol. The molecule has 2 fully saturated rings. The number of nitrogens with zero attached hydrogens (tertiary/aromatic N) is 3. The number of hydrogen-bond donors (Lipinski definition) is 0. The molecule has 1 unspecified atom stereocenters. The lowest BCUT2D eigenvalue weighted by Gasteiger charge is -2.35. The Labute approximate surface area is 133 Å². The number of carbonyl (C=O) groups excluding carboxylic acids is 1. The topological polar surface area (TPSA) is 36.4 Å². The molecule has 2 aliphatic rings. The van der Waals surface area contributed by atoms with Crippen molar-refractivity contribution in [3.8, 4) is 0 Å². The molecule has 1 saturated carbocycles. The first-order valence-electron chi connectivity index (χ1n) is 8.54. The molecule has 120 valence electrons. The molecule has 4 heteroatoms. The smallest absolute Gasteiger partial charge is 0.224 e. The van der Waals surface area contributed by atoms with E-state index in [0.717, 1.165) is 32.1 Å². The van der Waals surface area contributed by atoms with Crippen LogP contribution in [0.5, 0.6) is 0 Å². The van der Waals surface area contributed by atoms with Crippen LogP contribution in [-0.4, -0.2) is 46.4 Å². The van der Waals surface area contributed by atoms with E-state index in [9.17, 15) is 4.79 Å². The van der Waals surface area contributed by atoms with E-state index in [0.29, 0.717) is 24.3 Å². The maximum atomic E-state index is 12.6. The first-order chi connectivity index (χ1) is 10.6. The van der Waals surface area contributed by atoms with Crippen molar-refractivity contribution in [3.63, 3.8) is 0 Å². The van der Waals surface area contributed by atoms with Gasteiger partial charge in [0.25, 0.3) is 0 Å². The van der Waals surface area contributed by atoms with E-state index in [-0.39, 0.29) is 0 Å². The molecular formula is C18H27N3O. The molecule has 1 amide bonds. The Balaban J connectivity index is 1.70. The minimum Gasteiger partial charge on any atom is -0.338 e. The fraction of sp³-hybridized carbons (Fsp3) is 0.667. The Kier molecular flexibility index (Phi) is 4.77. The van der Waals surface area contributed by atoms with Crippen LogP contribution in [0.1, 0.15) is 38.7 Å². The van der Waals surface area contributed by atoms with Crippen molar-refractivity contribution >= 4 is 5.91 Å². The summed E-state index contributed by atoms with van der Waals surface area (Å²) in [5.74, 6) is 1.60. The molecule has 4 nitrogen and oxygen atoms in total. The lowest BCUT2D eigenvalue weighted by atomic mass is 10.0. The van der Waals surface area contributed by atoms with E-state index in [1.54, 1.807) is 0 Å². The Morgan fingerprint density at radius 3 is 2.82 bits per heavy atom. The highest BCUT2D eigenvalue weighted by atomic mass is 16.2. The zero-order valence-electron chi connectivity index (χ0n) is 13.7. The molecule has 1 aliphatic carbocycles. The zero-order valence-corrected chi connectivity index (χ0v) is 13.7. The third-order valence-electron chi connectivity index (χ3n) is 4.86. The minimum atomic E-state index is 0.340. The summed E-state index contributed by atoms with van der Waals surface area (Å²) >= 11 is 0. The minimum absolute atomic E-state index is 0.340. The molecule has 0 aromatic carbocycles. The summed E-state index contributed by atoms with van der Waals surface area (Å²) in [4.78, 5) is 21.4. The summed E-state index contributed by atoms with van der Waals surface area (Å²) in [5, 5.41) is 0. The van der Waals surface area contributed by atoms with Crippen LogP contribution >= 0.6 is 0 Å². The second kappa shape index (κ2) is 6.78. The van der Waals surface area contributed by atoms with Gasteiger partial charge in [-0.25, -0.2) is 0 Å². The maximum Gasteiger partial charge on any atom is 0.224 e. The van der Waals surface area contributed by atoms with Gasteiger partial charge in [0.15, 0.2) is 0 Å². The molecule has 2 heterocycles. The van der Waals surface area contributed by atoms with E-state index in [1.165, 1.54) is 18.4 Å². The molecule has 1 saturated heterocycles. The normalized spacial score (nSPS) is 23.9. The summed E-state index contributed by atoms with van der Waals surface area (Å²) in [6, 6.07) is 4.44. The van der Waals surface area contributed by atoms with Gasteiger partial charge < -0.3 is 4.90 Å². The van der Waals surface area contributed by atoms with E-state index < -0.39 is 0 Å². The second-order valence-corrected chi connectivity index (χ2v) is 7.15. The van der Waals surface area contributed by atoms with Crippen molar-refractivity contribution in [2.24, 2.45) is 11.8 Å². The average molecular weight is 301 g/mol. The van der Waals surface area contributed by atoms with Crippen molar-refractivity contribution in [2.75, 3.05) is 19.6 Å². The third kappa shape index (κ3) is 3.86. The average Bonchev–Trinajstić information content (AvgIpc) is 3.33. The largest absolute Gasteiger partial charge is 0.338 e. The molecule has 0 bridgehead atoms. The molecule has 0 radical (unpaired) electrons.